The standard InChI is InChI=1S/C28H24N8O3/c1-36-24-13-18(10-11-19(24)26(38)35-36)31-25-14-22(32-23(16-37)17-7-3-2-4-8-17)20(15-30-25)27-33-34-28(39-27)21-9-5-6-12-29-21/h2-15,23,37H,16H2,1H3,(H,35,38)(H2,30,31,32)/t23-/m1/s1. The molecule has 0 saturated carbocycles. The van der Waals surface area contributed by atoms with Crippen molar-refractivity contribution in [3.05, 3.63) is 101 Å². The zero-order chi connectivity index (χ0) is 26.8. The zero-order valence-corrected chi connectivity index (χ0v) is 20.9. The van der Waals surface area contributed by atoms with Crippen molar-refractivity contribution in [2.24, 2.45) is 7.05 Å². The first-order chi connectivity index (χ1) is 19.1. The Kier molecular flexibility index (Phi) is 6.31. The summed E-state index contributed by atoms with van der Waals surface area (Å²) in [5.41, 5.74) is 4.03. The number of benzene rings is 2. The first-order valence-corrected chi connectivity index (χ1v) is 12.2. The number of aromatic nitrogens is 6. The normalized spacial score (nSPS) is 11.9. The van der Waals surface area contributed by atoms with Crippen molar-refractivity contribution < 1.29 is 9.52 Å². The highest BCUT2D eigenvalue weighted by Crippen LogP contribution is 2.33. The lowest BCUT2D eigenvalue weighted by Gasteiger charge is -2.20. The van der Waals surface area contributed by atoms with Gasteiger partial charge in [0.05, 0.1) is 34.8 Å². The van der Waals surface area contributed by atoms with Crippen LogP contribution in [0, 0.1) is 0 Å². The van der Waals surface area contributed by atoms with Gasteiger partial charge in [0.25, 0.3) is 17.3 Å². The van der Waals surface area contributed by atoms with E-state index in [1.165, 1.54) is 0 Å². The number of pyridine rings is 2. The molecule has 0 saturated heterocycles. The number of hydrogen-bond donors (Lipinski definition) is 4. The lowest BCUT2D eigenvalue weighted by molar-refractivity contribution is 0.276. The van der Waals surface area contributed by atoms with Crippen LogP contribution in [-0.4, -0.2) is 41.7 Å². The van der Waals surface area contributed by atoms with Crippen LogP contribution in [0.2, 0.25) is 0 Å². The van der Waals surface area contributed by atoms with Gasteiger partial charge in [-0.1, -0.05) is 36.4 Å². The first-order valence-electron chi connectivity index (χ1n) is 12.2. The quantitative estimate of drug-likeness (QED) is 0.231. The fourth-order valence-corrected chi connectivity index (χ4v) is 4.35. The number of aryl methyl sites for hydroxylation is 1. The summed E-state index contributed by atoms with van der Waals surface area (Å²) in [5.74, 6) is 1.08. The Labute approximate surface area is 222 Å². The number of anilines is 3. The lowest BCUT2D eigenvalue weighted by Crippen LogP contribution is -2.15. The Morgan fingerprint density at radius 1 is 1.00 bits per heavy atom. The van der Waals surface area contributed by atoms with Crippen molar-refractivity contribution >= 4 is 28.1 Å². The van der Waals surface area contributed by atoms with E-state index in [0.717, 1.165) is 16.8 Å². The zero-order valence-electron chi connectivity index (χ0n) is 20.9. The minimum Gasteiger partial charge on any atom is -0.414 e. The summed E-state index contributed by atoms with van der Waals surface area (Å²) in [5, 5.41) is 28.7. The number of H-pyrrole nitrogens is 1. The van der Waals surface area contributed by atoms with Gasteiger partial charge >= 0.3 is 0 Å². The Morgan fingerprint density at radius 2 is 1.82 bits per heavy atom. The number of aliphatic hydroxyl groups excluding tert-OH is 1. The van der Waals surface area contributed by atoms with Crippen LogP contribution in [-0.2, 0) is 7.05 Å². The van der Waals surface area contributed by atoms with Gasteiger partial charge in [-0.3, -0.25) is 19.6 Å². The maximum atomic E-state index is 12.1. The van der Waals surface area contributed by atoms with E-state index in [0.29, 0.717) is 28.1 Å². The van der Waals surface area contributed by atoms with E-state index in [1.54, 1.807) is 36.3 Å². The molecule has 194 valence electrons. The van der Waals surface area contributed by atoms with Gasteiger partial charge in [0, 0.05) is 31.2 Å². The third-order valence-corrected chi connectivity index (χ3v) is 6.30. The van der Waals surface area contributed by atoms with Crippen molar-refractivity contribution in [1.29, 1.82) is 0 Å². The highest BCUT2D eigenvalue weighted by Gasteiger charge is 2.19. The average Bonchev–Trinajstić information content (AvgIpc) is 3.57. The molecule has 0 unspecified atom stereocenters. The van der Waals surface area contributed by atoms with E-state index >= 15 is 0 Å². The number of hydrogen-bond acceptors (Lipinski definition) is 9. The van der Waals surface area contributed by atoms with Crippen LogP contribution in [0.3, 0.4) is 0 Å². The molecule has 0 aliphatic carbocycles. The van der Waals surface area contributed by atoms with Crippen LogP contribution in [0.5, 0.6) is 0 Å². The molecule has 11 nitrogen and oxygen atoms in total. The van der Waals surface area contributed by atoms with Gasteiger partial charge in [0.15, 0.2) is 0 Å². The molecule has 4 heterocycles. The van der Waals surface area contributed by atoms with Crippen LogP contribution < -0.4 is 16.2 Å². The largest absolute Gasteiger partial charge is 0.414 e. The van der Waals surface area contributed by atoms with Gasteiger partial charge in [-0.05, 0) is 35.9 Å². The third kappa shape index (κ3) is 4.86. The van der Waals surface area contributed by atoms with E-state index < -0.39 is 6.04 Å². The Balaban J connectivity index is 1.38. The number of nitrogens with one attached hydrogen (secondary N) is 3. The molecule has 0 bridgehead atoms. The second-order valence-electron chi connectivity index (χ2n) is 8.89. The number of aliphatic hydroxyl groups is 1. The van der Waals surface area contributed by atoms with Gasteiger partial charge in [0.2, 0.25) is 0 Å². The predicted octanol–water partition coefficient (Wildman–Crippen LogP) is 4.26. The van der Waals surface area contributed by atoms with Crippen molar-refractivity contribution in [2.45, 2.75) is 6.04 Å². The molecule has 0 aliphatic rings. The summed E-state index contributed by atoms with van der Waals surface area (Å²) in [6.45, 7) is -0.143. The molecule has 0 radical (unpaired) electrons. The van der Waals surface area contributed by atoms with E-state index in [-0.39, 0.29) is 23.9 Å². The number of nitrogens with zero attached hydrogens (tertiary/aromatic N) is 5. The Hall–Kier alpha value is -5.29. The van der Waals surface area contributed by atoms with Gasteiger partial charge in [-0.15, -0.1) is 10.2 Å². The summed E-state index contributed by atoms with van der Waals surface area (Å²) in [6, 6.07) is 21.9. The van der Waals surface area contributed by atoms with Crippen molar-refractivity contribution in [1.82, 2.24) is 29.9 Å². The van der Waals surface area contributed by atoms with Crippen LogP contribution in [0.1, 0.15) is 11.6 Å². The fraction of sp³-hybridized carbons (Fsp3) is 0.107. The molecule has 0 fully saturated rings. The molecule has 39 heavy (non-hydrogen) atoms. The predicted molar refractivity (Wildman–Crippen MR) is 147 cm³/mol. The van der Waals surface area contributed by atoms with Crippen LogP contribution >= 0.6 is 0 Å². The van der Waals surface area contributed by atoms with Gasteiger partial charge in [-0.25, -0.2) is 4.98 Å². The minimum absolute atomic E-state index is 0.143. The molecule has 4 N–H and O–H groups in total. The summed E-state index contributed by atoms with van der Waals surface area (Å²) >= 11 is 0. The smallest absolute Gasteiger partial charge is 0.271 e. The molecule has 2 aromatic carbocycles. The number of aromatic amines is 1. The van der Waals surface area contributed by atoms with E-state index in [9.17, 15) is 9.90 Å². The Bertz CT molecular complexity index is 1790. The third-order valence-electron chi connectivity index (χ3n) is 6.30. The second kappa shape index (κ2) is 10.2. The first kappa shape index (κ1) is 24.1. The highest BCUT2D eigenvalue weighted by atomic mass is 16.4. The molecule has 0 spiro atoms. The molecule has 6 rings (SSSR count). The van der Waals surface area contributed by atoms with Crippen LogP contribution in [0.15, 0.2) is 94.4 Å². The van der Waals surface area contributed by atoms with E-state index in [4.69, 9.17) is 4.42 Å². The van der Waals surface area contributed by atoms with Crippen LogP contribution in [0.25, 0.3) is 33.9 Å². The summed E-state index contributed by atoms with van der Waals surface area (Å²) < 4.78 is 7.63. The minimum atomic E-state index is -0.399. The molecule has 0 amide bonds. The molecule has 4 aromatic heterocycles. The number of rotatable bonds is 8. The maximum absolute atomic E-state index is 12.1. The summed E-state index contributed by atoms with van der Waals surface area (Å²) in [7, 11) is 1.78. The lowest BCUT2D eigenvalue weighted by atomic mass is 10.1. The van der Waals surface area contributed by atoms with Gasteiger partial charge in [-0.2, -0.15) is 0 Å². The SMILES string of the molecule is Cn1[nH]c(=O)c2ccc(Nc3cc(N[C@H](CO)c4ccccc4)c(-c4nnc(-c5ccccn5)o4)cn3)cc21. The molecule has 1 atom stereocenters. The fourth-order valence-electron chi connectivity index (χ4n) is 4.35. The molecule has 0 aliphatic heterocycles. The van der Waals surface area contributed by atoms with E-state index in [2.05, 4.69) is 35.9 Å². The van der Waals surface area contributed by atoms with Crippen molar-refractivity contribution in [2.75, 3.05) is 17.2 Å². The van der Waals surface area contributed by atoms with Crippen LogP contribution in [0.4, 0.5) is 17.2 Å². The van der Waals surface area contributed by atoms with E-state index in [1.807, 2.05) is 60.7 Å². The summed E-state index contributed by atoms with van der Waals surface area (Å²) in [4.78, 5) is 20.9. The highest BCUT2D eigenvalue weighted by molar-refractivity contribution is 5.83. The van der Waals surface area contributed by atoms with Gasteiger partial charge < -0.3 is 20.2 Å². The maximum Gasteiger partial charge on any atom is 0.271 e. The van der Waals surface area contributed by atoms with Crippen molar-refractivity contribution in [3.63, 3.8) is 0 Å². The second-order valence-corrected chi connectivity index (χ2v) is 8.89. The molecular weight excluding hydrogens is 496 g/mol. The molecular formula is C28H24N8O3. The van der Waals surface area contributed by atoms with Gasteiger partial charge in [0.1, 0.15) is 11.5 Å². The number of fused-ring (bicyclic) bond motifs is 1. The topological polar surface area (TPSA) is 147 Å². The Morgan fingerprint density at radius 3 is 2.62 bits per heavy atom. The van der Waals surface area contributed by atoms with Crippen molar-refractivity contribution in [3.8, 4) is 23.0 Å². The molecule has 11 heteroatoms. The molecule has 6 aromatic rings. The summed E-state index contributed by atoms with van der Waals surface area (Å²) in [6.07, 6.45) is 3.28. The monoisotopic (exact) mass is 520 g/mol. The average molecular weight is 521 g/mol.